The van der Waals surface area contributed by atoms with Crippen molar-refractivity contribution in [3.05, 3.63) is 76.3 Å². The molecule has 0 saturated heterocycles. The van der Waals surface area contributed by atoms with Crippen LogP contribution in [0.1, 0.15) is 11.1 Å². The maximum absolute atomic E-state index is 9.56. The van der Waals surface area contributed by atoms with Gasteiger partial charge in [0.1, 0.15) is 5.75 Å². The molecule has 0 atom stereocenters. The highest BCUT2D eigenvalue weighted by Gasteiger charge is 2.06. The number of nitriles is 1. The summed E-state index contributed by atoms with van der Waals surface area (Å²) in [6.07, 6.45) is 1.83. The zero-order chi connectivity index (χ0) is 15.5. The lowest BCUT2D eigenvalue weighted by molar-refractivity contribution is 0.472. The van der Waals surface area contributed by atoms with E-state index in [1.807, 2.05) is 48.5 Å². The van der Waals surface area contributed by atoms with Crippen molar-refractivity contribution in [2.75, 3.05) is 0 Å². The zero-order valence-corrected chi connectivity index (χ0v) is 13.2. The van der Waals surface area contributed by atoms with Crippen LogP contribution in [-0.4, -0.2) is 5.11 Å². The molecule has 0 unspecified atom stereocenters. The number of hydrogen-bond acceptors (Lipinski definition) is 2. The van der Waals surface area contributed by atoms with Crippen molar-refractivity contribution in [2.45, 2.75) is 0 Å². The van der Waals surface area contributed by atoms with Crippen LogP contribution in [-0.2, 0) is 0 Å². The summed E-state index contributed by atoms with van der Waals surface area (Å²) in [5.41, 5.74) is 2.35. The van der Waals surface area contributed by atoms with Crippen LogP contribution in [0.2, 0.25) is 0 Å². The van der Waals surface area contributed by atoms with Gasteiger partial charge < -0.3 is 5.11 Å². The van der Waals surface area contributed by atoms with Crippen molar-refractivity contribution >= 4 is 38.4 Å². The molecule has 22 heavy (non-hydrogen) atoms. The van der Waals surface area contributed by atoms with Gasteiger partial charge in [0.2, 0.25) is 0 Å². The van der Waals surface area contributed by atoms with Gasteiger partial charge in [-0.05, 0) is 50.5 Å². The number of hydrogen-bond donors (Lipinski definition) is 1. The van der Waals surface area contributed by atoms with Gasteiger partial charge in [0.15, 0.2) is 0 Å². The molecule has 0 aliphatic carbocycles. The molecule has 0 heterocycles. The number of allylic oxidation sites excluding steroid dienone is 1. The van der Waals surface area contributed by atoms with Crippen molar-refractivity contribution in [3.63, 3.8) is 0 Å². The third kappa shape index (κ3) is 2.74. The van der Waals surface area contributed by atoms with Gasteiger partial charge in [-0.1, -0.05) is 48.5 Å². The zero-order valence-electron chi connectivity index (χ0n) is 11.6. The van der Waals surface area contributed by atoms with Crippen LogP contribution in [0.5, 0.6) is 5.75 Å². The minimum Gasteiger partial charge on any atom is -0.507 e. The molecule has 3 rings (SSSR count). The van der Waals surface area contributed by atoms with Gasteiger partial charge in [-0.25, -0.2) is 0 Å². The van der Waals surface area contributed by atoms with Crippen molar-refractivity contribution in [3.8, 4) is 11.8 Å². The van der Waals surface area contributed by atoms with Crippen LogP contribution in [0.15, 0.2) is 65.1 Å². The minimum absolute atomic E-state index is 0.181. The minimum atomic E-state index is 0.181. The SMILES string of the molecule is N#C/C(=C/c1ccc(O)c(Br)c1)c1cccc2ccccc12. The fraction of sp³-hybridized carbons (Fsp3) is 0. The molecule has 3 aromatic carbocycles. The Morgan fingerprint density at radius 2 is 1.82 bits per heavy atom. The monoisotopic (exact) mass is 349 g/mol. The Balaban J connectivity index is 2.16. The van der Waals surface area contributed by atoms with E-state index < -0.39 is 0 Å². The highest BCUT2D eigenvalue weighted by atomic mass is 79.9. The first-order valence-corrected chi connectivity index (χ1v) is 7.57. The molecular formula is C19H12BrNO. The first-order chi connectivity index (χ1) is 10.7. The summed E-state index contributed by atoms with van der Waals surface area (Å²) < 4.78 is 0.608. The predicted octanol–water partition coefficient (Wildman–Crippen LogP) is 5.37. The van der Waals surface area contributed by atoms with Gasteiger partial charge in [-0.3, -0.25) is 0 Å². The van der Waals surface area contributed by atoms with E-state index in [2.05, 4.69) is 22.0 Å². The quantitative estimate of drug-likeness (QED) is 0.499. The topological polar surface area (TPSA) is 44.0 Å². The summed E-state index contributed by atoms with van der Waals surface area (Å²) >= 11 is 3.29. The summed E-state index contributed by atoms with van der Waals surface area (Å²) in [7, 11) is 0. The molecule has 0 aliphatic heterocycles. The van der Waals surface area contributed by atoms with Crippen LogP contribution in [0, 0.1) is 11.3 Å². The Kier molecular flexibility index (Phi) is 3.95. The van der Waals surface area contributed by atoms with E-state index in [9.17, 15) is 10.4 Å². The average molecular weight is 350 g/mol. The van der Waals surface area contributed by atoms with E-state index >= 15 is 0 Å². The molecule has 106 valence electrons. The van der Waals surface area contributed by atoms with Crippen LogP contribution < -0.4 is 0 Å². The molecule has 0 aromatic heterocycles. The summed E-state index contributed by atoms with van der Waals surface area (Å²) in [4.78, 5) is 0. The number of aromatic hydroxyl groups is 1. The Labute approximate surface area is 137 Å². The van der Waals surface area contributed by atoms with E-state index in [4.69, 9.17) is 0 Å². The van der Waals surface area contributed by atoms with Crippen molar-refractivity contribution in [1.82, 2.24) is 0 Å². The maximum atomic E-state index is 9.56. The largest absolute Gasteiger partial charge is 0.507 e. The molecule has 0 spiro atoms. The maximum Gasteiger partial charge on any atom is 0.129 e. The molecule has 0 fully saturated rings. The number of halogens is 1. The van der Waals surface area contributed by atoms with Crippen LogP contribution in [0.3, 0.4) is 0 Å². The Morgan fingerprint density at radius 3 is 2.59 bits per heavy atom. The molecule has 3 aromatic rings. The molecular weight excluding hydrogens is 338 g/mol. The number of benzene rings is 3. The first kappa shape index (κ1) is 14.4. The lowest BCUT2D eigenvalue weighted by atomic mass is 9.97. The number of fused-ring (bicyclic) bond motifs is 1. The second-order valence-electron chi connectivity index (χ2n) is 4.91. The molecule has 0 amide bonds. The molecule has 0 bridgehead atoms. The third-order valence-electron chi connectivity index (χ3n) is 3.48. The summed E-state index contributed by atoms with van der Waals surface area (Å²) in [6, 6.07) is 21.4. The van der Waals surface area contributed by atoms with Gasteiger partial charge in [0, 0.05) is 5.56 Å². The predicted molar refractivity (Wildman–Crippen MR) is 93.2 cm³/mol. The third-order valence-corrected chi connectivity index (χ3v) is 4.12. The fourth-order valence-electron chi connectivity index (χ4n) is 2.41. The van der Waals surface area contributed by atoms with Crippen molar-refractivity contribution < 1.29 is 5.11 Å². The molecule has 3 heteroatoms. The normalized spacial score (nSPS) is 11.4. The Bertz CT molecular complexity index is 917. The summed E-state index contributed by atoms with van der Waals surface area (Å²) in [5, 5.41) is 21.3. The van der Waals surface area contributed by atoms with E-state index in [1.165, 1.54) is 0 Å². The number of nitrogens with zero attached hydrogens (tertiary/aromatic N) is 1. The van der Waals surface area contributed by atoms with Crippen molar-refractivity contribution in [1.29, 1.82) is 5.26 Å². The van der Waals surface area contributed by atoms with Crippen LogP contribution >= 0.6 is 15.9 Å². The standard InChI is InChI=1S/C19H12BrNO/c20-18-11-13(8-9-19(18)22)10-15(12-21)17-7-3-5-14-4-1-2-6-16(14)17/h1-11,22H/b15-10-. The molecule has 0 aliphatic rings. The van der Waals surface area contributed by atoms with Gasteiger partial charge in [0.05, 0.1) is 16.1 Å². The first-order valence-electron chi connectivity index (χ1n) is 6.77. The second-order valence-corrected chi connectivity index (χ2v) is 5.76. The summed E-state index contributed by atoms with van der Waals surface area (Å²) in [5.74, 6) is 0.181. The van der Waals surface area contributed by atoms with Gasteiger partial charge in [0.25, 0.3) is 0 Å². The highest BCUT2D eigenvalue weighted by Crippen LogP contribution is 2.29. The summed E-state index contributed by atoms with van der Waals surface area (Å²) in [6.45, 7) is 0. The smallest absolute Gasteiger partial charge is 0.129 e. The van der Waals surface area contributed by atoms with Crippen LogP contribution in [0.25, 0.3) is 22.4 Å². The van der Waals surface area contributed by atoms with E-state index in [0.717, 1.165) is 21.9 Å². The Hall–Kier alpha value is -2.57. The second kappa shape index (κ2) is 6.05. The number of phenols is 1. The van der Waals surface area contributed by atoms with Gasteiger partial charge in [-0.2, -0.15) is 5.26 Å². The van der Waals surface area contributed by atoms with E-state index in [-0.39, 0.29) is 5.75 Å². The number of phenolic OH excluding ortho intramolecular Hbond substituents is 1. The number of rotatable bonds is 2. The molecule has 0 saturated carbocycles. The Morgan fingerprint density at radius 1 is 1.05 bits per heavy atom. The molecule has 0 radical (unpaired) electrons. The lowest BCUT2D eigenvalue weighted by Gasteiger charge is -2.06. The highest BCUT2D eigenvalue weighted by molar-refractivity contribution is 9.10. The van der Waals surface area contributed by atoms with Gasteiger partial charge >= 0.3 is 0 Å². The van der Waals surface area contributed by atoms with E-state index in [0.29, 0.717) is 10.0 Å². The average Bonchev–Trinajstić information content (AvgIpc) is 2.55. The van der Waals surface area contributed by atoms with Crippen LogP contribution in [0.4, 0.5) is 0 Å². The molecule has 2 nitrogen and oxygen atoms in total. The van der Waals surface area contributed by atoms with Gasteiger partial charge in [-0.15, -0.1) is 0 Å². The fourth-order valence-corrected chi connectivity index (χ4v) is 2.81. The van der Waals surface area contributed by atoms with E-state index in [1.54, 1.807) is 18.2 Å². The van der Waals surface area contributed by atoms with Crippen molar-refractivity contribution in [2.24, 2.45) is 0 Å². The lowest BCUT2D eigenvalue weighted by Crippen LogP contribution is -1.85. The molecule has 1 N–H and O–H groups in total.